The number of carbonyl (C=O) groups is 1. The van der Waals surface area contributed by atoms with Gasteiger partial charge in [0.25, 0.3) is 5.91 Å². The lowest BCUT2D eigenvalue weighted by Gasteiger charge is -2.31. The minimum Gasteiger partial charge on any atom is -0.490 e. The fourth-order valence-electron chi connectivity index (χ4n) is 4.20. The average molecular weight is 395 g/mol. The van der Waals surface area contributed by atoms with E-state index < -0.39 is 0 Å². The van der Waals surface area contributed by atoms with Crippen LogP contribution in [-0.2, 0) is 6.54 Å². The Morgan fingerprint density at radius 3 is 2.55 bits per heavy atom. The number of rotatable bonds is 6. The molecule has 6 nitrogen and oxygen atoms in total. The summed E-state index contributed by atoms with van der Waals surface area (Å²) >= 11 is 0. The third-order valence-corrected chi connectivity index (χ3v) is 5.87. The van der Waals surface area contributed by atoms with Gasteiger partial charge in [-0.1, -0.05) is 6.07 Å². The van der Waals surface area contributed by atoms with Gasteiger partial charge in [0.1, 0.15) is 11.9 Å². The first-order valence-electron chi connectivity index (χ1n) is 10.6. The van der Waals surface area contributed by atoms with E-state index in [1.54, 1.807) is 0 Å². The van der Waals surface area contributed by atoms with Crippen LogP contribution in [0.25, 0.3) is 0 Å². The standard InChI is InChI=1S/C23H30N4O2/c24-18-6-7-19(15-18)26-23(28)17-4-8-21(9-5-17)29-22-10-13-27(14-11-22)16-20-3-1-2-12-25-20/h1-5,8-9,12,18-19,22H,6-7,10-11,13-16,24H2,(H,26,28)/t18-,19+/m0/s1. The summed E-state index contributed by atoms with van der Waals surface area (Å²) < 4.78 is 6.15. The molecule has 1 aliphatic carbocycles. The summed E-state index contributed by atoms with van der Waals surface area (Å²) in [5.74, 6) is 0.797. The predicted octanol–water partition coefficient (Wildman–Crippen LogP) is 2.73. The van der Waals surface area contributed by atoms with Gasteiger partial charge in [0, 0.05) is 43.5 Å². The molecule has 2 heterocycles. The van der Waals surface area contributed by atoms with Crippen molar-refractivity contribution in [1.82, 2.24) is 15.2 Å². The monoisotopic (exact) mass is 394 g/mol. The molecule has 29 heavy (non-hydrogen) atoms. The van der Waals surface area contributed by atoms with Crippen LogP contribution in [0, 0.1) is 0 Å². The molecular formula is C23H30N4O2. The molecule has 0 radical (unpaired) electrons. The summed E-state index contributed by atoms with van der Waals surface area (Å²) in [6, 6.07) is 13.9. The van der Waals surface area contributed by atoms with E-state index in [-0.39, 0.29) is 24.1 Å². The van der Waals surface area contributed by atoms with E-state index >= 15 is 0 Å². The number of carbonyl (C=O) groups excluding carboxylic acids is 1. The highest BCUT2D eigenvalue weighted by molar-refractivity contribution is 5.94. The van der Waals surface area contributed by atoms with Gasteiger partial charge < -0.3 is 15.8 Å². The number of amides is 1. The minimum atomic E-state index is -0.0292. The quantitative estimate of drug-likeness (QED) is 0.787. The first kappa shape index (κ1) is 19.9. The Kier molecular flexibility index (Phi) is 6.42. The summed E-state index contributed by atoms with van der Waals surface area (Å²) in [5.41, 5.74) is 7.70. The van der Waals surface area contributed by atoms with Crippen molar-refractivity contribution in [3.8, 4) is 5.75 Å². The first-order valence-corrected chi connectivity index (χ1v) is 10.6. The molecule has 0 bridgehead atoms. The number of likely N-dealkylation sites (tertiary alicyclic amines) is 1. The lowest BCUT2D eigenvalue weighted by molar-refractivity contribution is 0.0935. The third kappa shape index (κ3) is 5.55. The maximum absolute atomic E-state index is 12.4. The predicted molar refractivity (Wildman–Crippen MR) is 113 cm³/mol. The van der Waals surface area contributed by atoms with Crippen molar-refractivity contribution >= 4 is 5.91 Å². The Morgan fingerprint density at radius 1 is 1.10 bits per heavy atom. The zero-order valence-corrected chi connectivity index (χ0v) is 16.8. The third-order valence-electron chi connectivity index (χ3n) is 5.87. The van der Waals surface area contributed by atoms with Crippen LogP contribution in [-0.4, -0.2) is 47.1 Å². The van der Waals surface area contributed by atoms with Gasteiger partial charge in [0.05, 0.1) is 5.69 Å². The molecule has 1 aromatic heterocycles. The van der Waals surface area contributed by atoms with Crippen LogP contribution < -0.4 is 15.8 Å². The van der Waals surface area contributed by atoms with E-state index in [1.807, 2.05) is 42.6 Å². The summed E-state index contributed by atoms with van der Waals surface area (Å²) in [6.07, 6.45) is 6.87. The highest BCUT2D eigenvalue weighted by Gasteiger charge is 2.24. The number of aromatic nitrogens is 1. The number of ether oxygens (including phenoxy) is 1. The molecule has 1 aliphatic heterocycles. The zero-order valence-electron chi connectivity index (χ0n) is 16.8. The van der Waals surface area contributed by atoms with Gasteiger partial charge in [0.15, 0.2) is 0 Å². The van der Waals surface area contributed by atoms with E-state index in [0.29, 0.717) is 5.56 Å². The lowest BCUT2D eigenvalue weighted by atomic mass is 10.1. The number of pyridine rings is 1. The van der Waals surface area contributed by atoms with Crippen LogP contribution in [0.5, 0.6) is 5.75 Å². The lowest BCUT2D eigenvalue weighted by Crippen LogP contribution is -2.38. The molecule has 0 unspecified atom stereocenters. The van der Waals surface area contributed by atoms with Gasteiger partial charge in [-0.05, 0) is 68.5 Å². The van der Waals surface area contributed by atoms with Gasteiger partial charge in [-0.3, -0.25) is 14.7 Å². The maximum atomic E-state index is 12.4. The van der Waals surface area contributed by atoms with Crippen molar-refractivity contribution in [2.75, 3.05) is 13.1 Å². The fourth-order valence-corrected chi connectivity index (χ4v) is 4.20. The van der Waals surface area contributed by atoms with Crippen LogP contribution in [0.4, 0.5) is 0 Å². The average Bonchev–Trinajstić information content (AvgIpc) is 3.15. The topological polar surface area (TPSA) is 80.5 Å². The molecule has 1 saturated heterocycles. The smallest absolute Gasteiger partial charge is 0.251 e. The Labute approximate surface area is 172 Å². The number of nitrogens with one attached hydrogen (secondary N) is 1. The molecule has 4 rings (SSSR count). The summed E-state index contributed by atoms with van der Waals surface area (Å²) in [6.45, 7) is 2.90. The van der Waals surface area contributed by atoms with E-state index in [0.717, 1.165) is 63.2 Å². The summed E-state index contributed by atoms with van der Waals surface area (Å²) in [7, 11) is 0. The number of nitrogens with two attached hydrogens (primary N) is 1. The summed E-state index contributed by atoms with van der Waals surface area (Å²) in [4.78, 5) is 19.2. The number of nitrogens with zero attached hydrogens (tertiary/aromatic N) is 2. The van der Waals surface area contributed by atoms with Crippen LogP contribution in [0.3, 0.4) is 0 Å². The van der Waals surface area contributed by atoms with Crippen molar-refractivity contribution in [1.29, 1.82) is 0 Å². The Morgan fingerprint density at radius 2 is 1.90 bits per heavy atom. The molecule has 1 amide bonds. The number of piperidine rings is 1. The molecule has 6 heteroatoms. The van der Waals surface area contributed by atoms with E-state index in [2.05, 4.69) is 21.3 Å². The van der Waals surface area contributed by atoms with Gasteiger partial charge in [-0.25, -0.2) is 0 Å². The van der Waals surface area contributed by atoms with Gasteiger partial charge in [-0.15, -0.1) is 0 Å². The normalized spacial score (nSPS) is 23.1. The Balaban J connectivity index is 1.22. The molecule has 2 fully saturated rings. The highest BCUT2D eigenvalue weighted by Crippen LogP contribution is 2.21. The summed E-state index contributed by atoms with van der Waals surface area (Å²) in [5, 5.41) is 3.08. The van der Waals surface area contributed by atoms with Crippen molar-refractivity contribution < 1.29 is 9.53 Å². The van der Waals surface area contributed by atoms with Crippen LogP contribution in [0.15, 0.2) is 48.7 Å². The van der Waals surface area contributed by atoms with Crippen molar-refractivity contribution in [2.45, 2.75) is 56.8 Å². The van der Waals surface area contributed by atoms with Gasteiger partial charge in [0.2, 0.25) is 0 Å². The molecule has 2 aromatic rings. The Bertz CT molecular complexity index is 788. The molecule has 2 atom stereocenters. The number of hydrogen-bond donors (Lipinski definition) is 2. The minimum absolute atomic E-state index is 0.0292. The second kappa shape index (κ2) is 9.37. The van der Waals surface area contributed by atoms with Crippen molar-refractivity contribution in [3.05, 3.63) is 59.9 Å². The number of benzene rings is 1. The van der Waals surface area contributed by atoms with Crippen LogP contribution >= 0.6 is 0 Å². The zero-order chi connectivity index (χ0) is 20.1. The Hall–Kier alpha value is -2.44. The van der Waals surface area contributed by atoms with Gasteiger partial charge in [-0.2, -0.15) is 0 Å². The van der Waals surface area contributed by atoms with E-state index in [4.69, 9.17) is 10.5 Å². The molecule has 154 valence electrons. The number of hydrogen-bond acceptors (Lipinski definition) is 5. The van der Waals surface area contributed by atoms with E-state index in [9.17, 15) is 4.79 Å². The van der Waals surface area contributed by atoms with Crippen molar-refractivity contribution in [2.24, 2.45) is 5.73 Å². The van der Waals surface area contributed by atoms with Crippen LogP contribution in [0.1, 0.15) is 48.2 Å². The van der Waals surface area contributed by atoms with Gasteiger partial charge >= 0.3 is 0 Å². The largest absolute Gasteiger partial charge is 0.490 e. The first-order chi connectivity index (χ1) is 14.2. The second-order valence-corrected chi connectivity index (χ2v) is 8.18. The van der Waals surface area contributed by atoms with Crippen LogP contribution in [0.2, 0.25) is 0 Å². The molecule has 1 saturated carbocycles. The molecular weight excluding hydrogens is 364 g/mol. The molecule has 3 N–H and O–H groups in total. The SMILES string of the molecule is N[C@H]1CC[C@@H](NC(=O)c2ccc(OC3CCN(Cc4ccccn4)CC3)cc2)C1. The van der Waals surface area contributed by atoms with E-state index in [1.165, 1.54) is 0 Å². The maximum Gasteiger partial charge on any atom is 0.251 e. The second-order valence-electron chi connectivity index (χ2n) is 8.18. The van der Waals surface area contributed by atoms with Crippen molar-refractivity contribution in [3.63, 3.8) is 0 Å². The highest BCUT2D eigenvalue weighted by atomic mass is 16.5. The molecule has 0 spiro atoms. The molecule has 1 aromatic carbocycles. The fraction of sp³-hybridized carbons (Fsp3) is 0.478. The molecule has 2 aliphatic rings.